The van der Waals surface area contributed by atoms with Crippen molar-refractivity contribution >= 4 is 0 Å². The minimum Gasteiger partial charge on any atom is -0.502 e. The van der Waals surface area contributed by atoms with Crippen LogP contribution in [0.1, 0.15) is 17.2 Å². The summed E-state index contributed by atoms with van der Waals surface area (Å²) in [5.41, 5.74) is 1.47. The number of hydrogen-bond donors (Lipinski definition) is 3. The summed E-state index contributed by atoms with van der Waals surface area (Å²) in [6.45, 7) is 0.878. The smallest absolute Gasteiger partial charge is 0.200 e. The third-order valence-electron chi connectivity index (χ3n) is 5.53. The molecule has 0 amide bonds. The molecule has 1 heterocycles. The first-order valence-electron chi connectivity index (χ1n) is 9.58. The summed E-state index contributed by atoms with van der Waals surface area (Å²) in [7, 11) is 5.85. The molecule has 1 saturated heterocycles. The van der Waals surface area contributed by atoms with E-state index in [4.69, 9.17) is 23.7 Å². The summed E-state index contributed by atoms with van der Waals surface area (Å²) in [6, 6.07) is 6.72. The predicted molar refractivity (Wildman–Crippen MR) is 109 cm³/mol. The predicted octanol–water partition coefficient (Wildman–Crippen LogP) is 2.67. The van der Waals surface area contributed by atoms with Gasteiger partial charge in [-0.2, -0.15) is 0 Å². The molecule has 0 saturated carbocycles. The lowest BCUT2D eigenvalue weighted by molar-refractivity contribution is 0.0807. The second kappa shape index (κ2) is 9.32. The van der Waals surface area contributed by atoms with Crippen molar-refractivity contribution in [2.24, 2.45) is 11.8 Å². The van der Waals surface area contributed by atoms with Crippen molar-refractivity contribution in [1.29, 1.82) is 0 Å². The van der Waals surface area contributed by atoms with E-state index in [9.17, 15) is 15.3 Å². The molecule has 1 fully saturated rings. The molecule has 1 aliphatic rings. The van der Waals surface area contributed by atoms with Gasteiger partial charge < -0.3 is 39.0 Å². The van der Waals surface area contributed by atoms with Crippen molar-refractivity contribution < 1.29 is 39.0 Å². The van der Waals surface area contributed by atoms with Crippen molar-refractivity contribution in [3.8, 4) is 34.5 Å². The number of phenolic OH excluding ortho intramolecular Hbond substituents is 2. The molecule has 2 aromatic rings. The minimum atomic E-state index is -0.846. The van der Waals surface area contributed by atoms with Crippen LogP contribution in [0.15, 0.2) is 24.3 Å². The highest BCUT2D eigenvalue weighted by Gasteiger charge is 2.35. The van der Waals surface area contributed by atoms with E-state index in [1.54, 1.807) is 24.3 Å². The summed E-state index contributed by atoms with van der Waals surface area (Å²) >= 11 is 0. The van der Waals surface area contributed by atoms with Gasteiger partial charge in [-0.3, -0.25) is 0 Å². The fraction of sp³-hybridized carbons (Fsp3) is 0.455. The minimum absolute atomic E-state index is 0.0183. The number of benzene rings is 2. The van der Waals surface area contributed by atoms with Crippen molar-refractivity contribution in [3.05, 3.63) is 35.4 Å². The SMILES string of the molecule is COc1cc(C[C@H]2COC[C@@H]2[C@H](O)c2cc(OC)c(O)c(OC)c2)cc(OC)c1O. The van der Waals surface area contributed by atoms with Crippen LogP contribution >= 0.6 is 0 Å². The Labute approximate surface area is 175 Å². The van der Waals surface area contributed by atoms with Gasteiger partial charge >= 0.3 is 0 Å². The maximum atomic E-state index is 11.1. The van der Waals surface area contributed by atoms with Crippen LogP contribution in [0.3, 0.4) is 0 Å². The Morgan fingerprint density at radius 1 is 0.833 bits per heavy atom. The van der Waals surface area contributed by atoms with Gasteiger partial charge in [0, 0.05) is 5.92 Å². The fourth-order valence-corrected chi connectivity index (χ4v) is 3.87. The maximum absolute atomic E-state index is 11.1. The van der Waals surface area contributed by atoms with Gasteiger partial charge in [0.2, 0.25) is 11.5 Å². The van der Waals surface area contributed by atoms with E-state index in [0.29, 0.717) is 36.7 Å². The van der Waals surface area contributed by atoms with Crippen LogP contribution in [0.2, 0.25) is 0 Å². The molecule has 3 rings (SSSR count). The van der Waals surface area contributed by atoms with Gasteiger partial charge in [-0.05, 0) is 47.7 Å². The summed E-state index contributed by atoms with van der Waals surface area (Å²) < 4.78 is 26.6. The molecule has 0 aromatic heterocycles. The van der Waals surface area contributed by atoms with Crippen molar-refractivity contribution in [1.82, 2.24) is 0 Å². The largest absolute Gasteiger partial charge is 0.502 e. The topological polar surface area (TPSA) is 107 Å². The summed E-state index contributed by atoms with van der Waals surface area (Å²) in [5, 5.41) is 31.3. The van der Waals surface area contributed by atoms with Gasteiger partial charge in [-0.25, -0.2) is 0 Å². The van der Waals surface area contributed by atoms with Crippen LogP contribution in [0, 0.1) is 11.8 Å². The number of phenols is 2. The van der Waals surface area contributed by atoms with Crippen molar-refractivity contribution in [2.45, 2.75) is 12.5 Å². The number of hydrogen-bond acceptors (Lipinski definition) is 8. The molecule has 30 heavy (non-hydrogen) atoms. The van der Waals surface area contributed by atoms with E-state index in [-0.39, 0.29) is 34.8 Å². The van der Waals surface area contributed by atoms with Gasteiger partial charge in [0.15, 0.2) is 23.0 Å². The first-order valence-corrected chi connectivity index (χ1v) is 9.58. The zero-order valence-corrected chi connectivity index (χ0v) is 17.5. The monoisotopic (exact) mass is 420 g/mol. The quantitative estimate of drug-likeness (QED) is 0.598. The Kier molecular flexibility index (Phi) is 6.79. The standard InChI is InChI=1S/C22H28O8/c1-26-16-6-12(7-17(27-2)21(16)24)5-14-10-30-11-15(14)20(23)13-8-18(28-3)22(25)19(9-13)29-4/h6-9,14-15,20,23-25H,5,10-11H2,1-4H3/t14-,15-,20+/m0/s1. The third kappa shape index (κ3) is 4.20. The van der Waals surface area contributed by atoms with E-state index < -0.39 is 6.10 Å². The zero-order chi connectivity index (χ0) is 21.8. The number of aliphatic hydroxyl groups excluding tert-OH is 1. The highest BCUT2D eigenvalue weighted by atomic mass is 16.5. The molecule has 3 atom stereocenters. The molecule has 2 aromatic carbocycles. The number of aliphatic hydroxyl groups is 1. The molecule has 1 aliphatic heterocycles. The van der Waals surface area contributed by atoms with Gasteiger partial charge in [-0.1, -0.05) is 0 Å². The molecule has 0 bridgehead atoms. The number of methoxy groups -OCH3 is 4. The molecular weight excluding hydrogens is 392 g/mol. The molecule has 0 aliphatic carbocycles. The first-order chi connectivity index (χ1) is 14.4. The van der Waals surface area contributed by atoms with Gasteiger partial charge in [-0.15, -0.1) is 0 Å². The maximum Gasteiger partial charge on any atom is 0.200 e. The Morgan fingerprint density at radius 2 is 1.30 bits per heavy atom. The van der Waals surface area contributed by atoms with E-state index in [1.165, 1.54) is 28.4 Å². The van der Waals surface area contributed by atoms with Crippen LogP contribution in [-0.4, -0.2) is 57.0 Å². The Balaban J connectivity index is 1.86. The van der Waals surface area contributed by atoms with Gasteiger partial charge in [0.25, 0.3) is 0 Å². The fourth-order valence-electron chi connectivity index (χ4n) is 3.87. The van der Waals surface area contributed by atoms with Crippen molar-refractivity contribution in [3.63, 3.8) is 0 Å². The lowest BCUT2D eigenvalue weighted by atomic mass is 9.83. The van der Waals surface area contributed by atoms with Crippen LogP contribution in [0.5, 0.6) is 34.5 Å². The summed E-state index contributed by atoms with van der Waals surface area (Å²) in [6.07, 6.45) is -0.247. The van der Waals surface area contributed by atoms with Crippen LogP contribution in [0.25, 0.3) is 0 Å². The lowest BCUT2D eigenvalue weighted by Crippen LogP contribution is -2.22. The molecule has 0 unspecified atom stereocenters. The van der Waals surface area contributed by atoms with Crippen LogP contribution < -0.4 is 18.9 Å². The van der Waals surface area contributed by atoms with Crippen molar-refractivity contribution in [2.75, 3.05) is 41.7 Å². The van der Waals surface area contributed by atoms with Gasteiger partial charge in [0.1, 0.15) is 0 Å². The highest BCUT2D eigenvalue weighted by Crippen LogP contribution is 2.43. The van der Waals surface area contributed by atoms with E-state index >= 15 is 0 Å². The molecule has 3 N–H and O–H groups in total. The second-order valence-electron chi connectivity index (χ2n) is 7.23. The Morgan fingerprint density at radius 3 is 1.77 bits per heavy atom. The normalized spacial score (nSPS) is 19.4. The lowest BCUT2D eigenvalue weighted by Gasteiger charge is -2.25. The number of aromatic hydroxyl groups is 2. The van der Waals surface area contributed by atoms with E-state index in [2.05, 4.69) is 0 Å². The molecule has 0 spiro atoms. The zero-order valence-electron chi connectivity index (χ0n) is 17.5. The molecule has 0 radical (unpaired) electrons. The average molecular weight is 420 g/mol. The molecule has 8 heteroatoms. The van der Waals surface area contributed by atoms with E-state index in [1.807, 2.05) is 0 Å². The summed E-state index contributed by atoms with van der Waals surface area (Å²) in [4.78, 5) is 0. The number of rotatable bonds is 8. The third-order valence-corrected chi connectivity index (χ3v) is 5.53. The molecule has 164 valence electrons. The highest BCUT2D eigenvalue weighted by molar-refractivity contribution is 5.54. The molecule has 8 nitrogen and oxygen atoms in total. The van der Waals surface area contributed by atoms with E-state index in [0.717, 1.165) is 5.56 Å². The summed E-state index contributed by atoms with van der Waals surface area (Å²) in [5.74, 6) is 0.782. The Bertz CT molecular complexity index is 831. The second-order valence-corrected chi connectivity index (χ2v) is 7.23. The molecular formula is C22H28O8. The van der Waals surface area contributed by atoms with Gasteiger partial charge in [0.05, 0.1) is 47.8 Å². The van der Waals surface area contributed by atoms with Crippen LogP contribution in [-0.2, 0) is 11.2 Å². The Hall–Kier alpha value is -2.84. The van der Waals surface area contributed by atoms with Crippen LogP contribution in [0.4, 0.5) is 0 Å². The number of ether oxygens (including phenoxy) is 5. The first kappa shape index (κ1) is 21.9. The average Bonchev–Trinajstić information content (AvgIpc) is 3.22.